The maximum Gasteiger partial charge on any atom is 0.416 e. The third-order valence-corrected chi connectivity index (χ3v) is 6.03. The number of alkyl halides is 3. The Labute approximate surface area is 233 Å². The fourth-order valence-corrected chi connectivity index (χ4v) is 4.03. The molecule has 2 N–H and O–H groups in total. The molecule has 1 fully saturated rings. The smallest absolute Gasteiger partial charge is 0.416 e. The molecule has 14 heteroatoms. The van der Waals surface area contributed by atoms with Crippen LogP contribution in [0.2, 0.25) is 5.02 Å². The number of benzene rings is 1. The number of nitrogens with one attached hydrogen (secondary N) is 2. The second-order valence-electron chi connectivity index (χ2n) is 10.1. The Morgan fingerprint density at radius 1 is 1.12 bits per heavy atom. The number of ether oxygens (including phenoxy) is 2. The Hall–Kier alpha value is -3.61. The summed E-state index contributed by atoms with van der Waals surface area (Å²) in [6.45, 7) is 4.16. The molecule has 1 aliphatic rings. The van der Waals surface area contributed by atoms with Crippen LogP contribution in [0, 0.1) is 5.82 Å². The van der Waals surface area contributed by atoms with Gasteiger partial charge in [-0.2, -0.15) is 13.2 Å². The van der Waals surface area contributed by atoms with Gasteiger partial charge in [-0.25, -0.2) is 9.18 Å². The van der Waals surface area contributed by atoms with Gasteiger partial charge in [0.05, 0.1) is 22.8 Å². The van der Waals surface area contributed by atoms with Crippen molar-refractivity contribution < 1.29 is 41.4 Å². The zero-order valence-corrected chi connectivity index (χ0v) is 22.7. The molecule has 0 saturated carbocycles. The van der Waals surface area contributed by atoms with E-state index in [1.807, 2.05) is 0 Å². The van der Waals surface area contributed by atoms with E-state index in [0.29, 0.717) is 6.42 Å². The number of halogens is 5. The van der Waals surface area contributed by atoms with Gasteiger partial charge in [0.1, 0.15) is 23.2 Å². The van der Waals surface area contributed by atoms with E-state index in [-0.39, 0.29) is 36.0 Å². The summed E-state index contributed by atoms with van der Waals surface area (Å²) in [5, 5.41) is 5.16. The number of aromatic nitrogens is 1. The van der Waals surface area contributed by atoms with E-state index >= 15 is 0 Å². The Kier molecular flexibility index (Phi) is 9.82. The van der Waals surface area contributed by atoms with Gasteiger partial charge < -0.3 is 20.1 Å². The van der Waals surface area contributed by atoms with Crippen LogP contribution in [0.25, 0.3) is 0 Å². The van der Waals surface area contributed by atoms with E-state index in [4.69, 9.17) is 21.1 Å². The standard InChI is InChI=1S/C26H29ClF4N4O5/c1-25(2,3)40-24(38)35-13-16(34-22(36)14-39-18-5-6-19(27)20(28)11-18)4-7-21(35)23(37)33-12-17-10-15(8-9-32-17)26(29,30)31/h5-6,8-11,16,21H,4,7,12-14H2,1-3H3,(H,33,37)(H,34,36)/t16-,21+/m0/s1. The van der Waals surface area contributed by atoms with Gasteiger partial charge in [0.15, 0.2) is 6.61 Å². The average Bonchev–Trinajstić information content (AvgIpc) is 2.86. The van der Waals surface area contributed by atoms with E-state index in [2.05, 4.69) is 15.6 Å². The second kappa shape index (κ2) is 12.7. The minimum Gasteiger partial charge on any atom is -0.484 e. The second-order valence-corrected chi connectivity index (χ2v) is 10.5. The Morgan fingerprint density at radius 2 is 1.85 bits per heavy atom. The SMILES string of the molecule is CC(C)(C)OC(=O)N1C[C@@H](NC(=O)COc2ccc(Cl)c(F)c2)CC[C@@H]1C(=O)NCc1cc(C(F)(F)F)ccn1. The molecule has 2 heterocycles. The summed E-state index contributed by atoms with van der Waals surface area (Å²) < 4.78 is 63.3. The first-order chi connectivity index (χ1) is 18.6. The van der Waals surface area contributed by atoms with Gasteiger partial charge in [-0.1, -0.05) is 11.6 Å². The highest BCUT2D eigenvalue weighted by Crippen LogP contribution is 2.29. The number of carbonyl (C=O) groups excluding carboxylic acids is 3. The monoisotopic (exact) mass is 588 g/mol. The highest BCUT2D eigenvalue weighted by Gasteiger charge is 2.39. The van der Waals surface area contributed by atoms with Crippen molar-refractivity contribution in [3.8, 4) is 5.75 Å². The number of carbonyl (C=O) groups is 3. The lowest BCUT2D eigenvalue weighted by atomic mass is 9.97. The first kappa shape index (κ1) is 30.9. The predicted molar refractivity (Wildman–Crippen MR) is 136 cm³/mol. The summed E-state index contributed by atoms with van der Waals surface area (Å²) in [4.78, 5) is 43.5. The number of amides is 3. The molecule has 0 spiro atoms. The molecule has 0 bridgehead atoms. The van der Waals surface area contributed by atoms with Gasteiger partial charge in [-0.15, -0.1) is 0 Å². The van der Waals surface area contributed by atoms with Gasteiger partial charge in [0, 0.05) is 24.8 Å². The summed E-state index contributed by atoms with van der Waals surface area (Å²) in [6, 6.07) is 3.84. The third kappa shape index (κ3) is 8.97. The van der Waals surface area contributed by atoms with Crippen LogP contribution in [0.1, 0.15) is 44.9 Å². The lowest BCUT2D eigenvalue weighted by Crippen LogP contribution is -2.59. The molecule has 40 heavy (non-hydrogen) atoms. The van der Waals surface area contributed by atoms with Crippen molar-refractivity contribution in [1.29, 1.82) is 0 Å². The van der Waals surface area contributed by atoms with Crippen molar-refractivity contribution in [1.82, 2.24) is 20.5 Å². The number of piperidine rings is 1. The number of nitrogens with zero attached hydrogens (tertiary/aromatic N) is 2. The molecule has 3 amide bonds. The quantitative estimate of drug-likeness (QED) is 0.462. The summed E-state index contributed by atoms with van der Waals surface area (Å²) in [6.07, 6.45) is -3.92. The van der Waals surface area contributed by atoms with Crippen molar-refractivity contribution >= 4 is 29.5 Å². The van der Waals surface area contributed by atoms with Gasteiger partial charge in [0.2, 0.25) is 5.91 Å². The van der Waals surface area contributed by atoms with Crippen LogP contribution in [-0.4, -0.2) is 58.6 Å². The van der Waals surface area contributed by atoms with E-state index in [0.717, 1.165) is 24.4 Å². The molecule has 1 aromatic carbocycles. The number of hydrogen-bond donors (Lipinski definition) is 2. The van der Waals surface area contributed by atoms with Gasteiger partial charge in [-0.3, -0.25) is 19.5 Å². The molecule has 0 radical (unpaired) electrons. The highest BCUT2D eigenvalue weighted by atomic mass is 35.5. The molecule has 2 aromatic rings. The average molecular weight is 589 g/mol. The molecular weight excluding hydrogens is 560 g/mol. The Balaban J connectivity index is 1.63. The van der Waals surface area contributed by atoms with Crippen LogP contribution in [0.15, 0.2) is 36.5 Å². The van der Waals surface area contributed by atoms with E-state index in [9.17, 15) is 31.9 Å². The summed E-state index contributed by atoms with van der Waals surface area (Å²) in [7, 11) is 0. The van der Waals surface area contributed by atoms with E-state index in [1.54, 1.807) is 20.8 Å². The molecule has 9 nitrogen and oxygen atoms in total. The Morgan fingerprint density at radius 3 is 2.50 bits per heavy atom. The van der Waals surface area contributed by atoms with Crippen LogP contribution in [-0.2, 0) is 27.0 Å². The van der Waals surface area contributed by atoms with E-state index < -0.39 is 59.8 Å². The van der Waals surface area contributed by atoms with Crippen LogP contribution in [0.5, 0.6) is 5.75 Å². The van der Waals surface area contributed by atoms with Gasteiger partial charge >= 0.3 is 12.3 Å². The van der Waals surface area contributed by atoms with Crippen LogP contribution in [0.3, 0.4) is 0 Å². The minimum atomic E-state index is -4.56. The van der Waals surface area contributed by atoms with Crippen molar-refractivity contribution in [2.45, 2.75) is 64.0 Å². The number of hydrogen-bond acceptors (Lipinski definition) is 6. The maximum atomic E-state index is 13.6. The van der Waals surface area contributed by atoms with Crippen LogP contribution in [0.4, 0.5) is 22.4 Å². The molecule has 1 aromatic heterocycles. The number of pyridine rings is 1. The summed E-state index contributed by atoms with van der Waals surface area (Å²) >= 11 is 5.63. The zero-order valence-electron chi connectivity index (χ0n) is 22.0. The van der Waals surface area contributed by atoms with Crippen molar-refractivity contribution in [2.24, 2.45) is 0 Å². The minimum absolute atomic E-state index is 0.00601. The van der Waals surface area contributed by atoms with Crippen molar-refractivity contribution in [3.05, 3.63) is 58.6 Å². The normalized spacial score (nSPS) is 17.6. The van der Waals surface area contributed by atoms with Crippen LogP contribution < -0.4 is 15.4 Å². The highest BCUT2D eigenvalue weighted by molar-refractivity contribution is 6.30. The first-order valence-corrected chi connectivity index (χ1v) is 12.7. The van der Waals surface area contributed by atoms with E-state index in [1.165, 1.54) is 17.0 Å². The lowest BCUT2D eigenvalue weighted by Gasteiger charge is -2.39. The van der Waals surface area contributed by atoms with Crippen molar-refractivity contribution in [3.63, 3.8) is 0 Å². The Bertz CT molecular complexity index is 1240. The summed E-state index contributed by atoms with van der Waals surface area (Å²) in [5.74, 6) is -1.75. The molecular formula is C26H29ClF4N4O5. The number of rotatable bonds is 7. The van der Waals surface area contributed by atoms with Gasteiger partial charge in [-0.05, 0) is 57.9 Å². The largest absolute Gasteiger partial charge is 0.484 e. The lowest BCUT2D eigenvalue weighted by molar-refractivity contribution is -0.137. The molecule has 3 rings (SSSR count). The molecule has 1 aliphatic heterocycles. The summed E-state index contributed by atoms with van der Waals surface area (Å²) in [5.41, 5.74) is -1.78. The first-order valence-electron chi connectivity index (χ1n) is 12.3. The van der Waals surface area contributed by atoms with Gasteiger partial charge in [0.25, 0.3) is 5.91 Å². The number of likely N-dealkylation sites (tertiary alicyclic amines) is 1. The van der Waals surface area contributed by atoms with Crippen molar-refractivity contribution in [2.75, 3.05) is 13.2 Å². The molecule has 0 aliphatic carbocycles. The topological polar surface area (TPSA) is 110 Å². The molecule has 2 atom stereocenters. The third-order valence-electron chi connectivity index (χ3n) is 5.73. The molecule has 0 unspecified atom stereocenters. The van der Waals surface area contributed by atoms with Crippen LogP contribution >= 0.6 is 11.6 Å². The molecule has 218 valence electrons. The fraction of sp³-hybridized carbons (Fsp3) is 0.462. The zero-order chi connectivity index (χ0) is 29.7. The maximum absolute atomic E-state index is 13.6. The molecule has 1 saturated heterocycles. The predicted octanol–water partition coefficient (Wildman–Crippen LogP) is 4.47. The fourth-order valence-electron chi connectivity index (χ4n) is 3.92.